The van der Waals surface area contributed by atoms with Crippen molar-refractivity contribution >= 4 is 17.6 Å². The van der Waals surface area contributed by atoms with E-state index in [0.717, 1.165) is 6.07 Å². The van der Waals surface area contributed by atoms with Crippen molar-refractivity contribution in [2.24, 2.45) is 0 Å². The van der Waals surface area contributed by atoms with Gasteiger partial charge in [-0.3, -0.25) is 0 Å². The molecule has 0 aliphatic carbocycles. The van der Waals surface area contributed by atoms with Crippen molar-refractivity contribution in [3.63, 3.8) is 0 Å². The Kier molecular flexibility index (Phi) is 5.53. The van der Waals surface area contributed by atoms with Gasteiger partial charge in [-0.1, -0.05) is 18.2 Å². The zero-order valence-electron chi connectivity index (χ0n) is 14.7. The minimum absolute atomic E-state index is 0.000232. The third-order valence-electron chi connectivity index (χ3n) is 3.63. The maximum Gasteiger partial charge on any atom is 0.433 e. The summed E-state index contributed by atoms with van der Waals surface area (Å²) in [6, 6.07) is 11.8. The van der Waals surface area contributed by atoms with Crippen molar-refractivity contribution in [2.75, 3.05) is 11.9 Å². The summed E-state index contributed by atoms with van der Waals surface area (Å²) in [5.74, 6) is -0.192. The van der Waals surface area contributed by atoms with Crippen molar-refractivity contribution in [3.8, 4) is 11.3 Å². The lowest BCUT2D eigenvalue weighted by Gasteiger charge is -2.10. The Balaban J connectivity index is 1.86. The van der Waals surface area contributed by atoms with Crippen molar-refractivity contribution in [2.45, 2.75) is 13.1 Å². The zero-order valence-corrected chi connectivity index (χ0v) is 14.7. The molecular weight excluding hydrogens is 373 g/mol. The number of carbonyl (C=O) groups excluding carboxylic acids is 1. The number of nitrogens with one attached hydrogen (secondary N) is 1. The SMILES string of the molecule is CCOC(=O)c1cccc(-c2cc(Nc3cccc(C(F)(F)F)n3)ncn2)c1. The number of carbonyl (C=O) groups is 1. The van der Waals surface area contributed by atoms with Crippen LogP contribution in [0.15, 0.2) is 54.9 Å². The van der Waals surface area contributed by atoms with E-state index in [0.29, 0.717) is 16.8 Å². The molecule has 2 aromatic heterocycles. The van der Waals surface area contributed by atoms with E-state index in [1.807, 2.05) is 0 Å². The summed E-state index contributed by atoms with van der Waals surface area (Å²) in [4.78, 5) is 23.6. The van der Waals surface area contributed by atoms with Crippen LogP contribution in [0, 0.1) is 0 Å². The van der Waals surface area contributed by atoms with Gasteiger partial charge in [-0.05, 0) is 31.2 Å². The molecule has 0 aliphatic rings. The molecule has 0 fully saturated rings. The van der Waals surface area contributed by atoms with E-state index >= 15 is 0 Å². The van der Waals surface area contributed by atoms with Crippen molar-refractivity contribution in [3.05, 3.63) is 66.1 Å². The van der Waals surface area contributed by atoms with Crippen molar-refractivity contribution < 1.29 is 22.7 Å². The van der Waals surface area contributed by atoms with Gasteiger partial charge in [0.15, 0.2) is 0 Å². The van der Waals surface area contributed by atoms with Crippen LogP contribution in [0.4, 0.5) is 24.8 Å². The smallest absolute Gasteiger partial charge is 0.433 e. The van der Waals surface area contributed by atoms with Gasteiger partial charge in [0.25, 0.3) is 0 Å². The summed E-state index contributed by atoms with van der Waals surface area (Å²) in [7, 11) is 0. The van der Waals surface area contributed by atoms with Crippen LogP contribution in [-0.2, 0) is 10.9 Å². The Labute approximate surface area is 158 Å². The summed E-state index contributed by atoms with van der Waals surface area (Å²) < 4.78 is 43.4. The van der Waals surface area contributed by atoms with E-state index in [2.05, 4.69) is 20.3 Å². The number of halogens is 3. The van der Waals surface area contributed by atoms with Gasteiger partial charge in [0.2, 0.25) is 0 Å². The van der Waals surface area contributed by atoms with E-state index < -0.39 is 17.8 Å². The second-order valence-electron chi connectivity index (χ2n) is 5.62. The number of esters is 1. The van der Waals surface area contributed by atoms with Gasteiger partial charge in [-0.25, -0.2) is 19.7 Å². The molecule has 28 heavy (non-hydrogen) atoms. The minimum atomic E-state index is -4.54. The summed E-state index contributed by atoms with van der Waals surface area (Å²) in [6.07, 6.45) is -3.27. The highest BCUT2D eigenvalue weighted by molar-refractivity contribution is 5.90. The lowest BCUT2D eigenvalue weighted by Crippen LogP contribution is -2.09. The number of rotatable bonds is 5. The predicted molar refractivity (Wildman–Crippen MR) is 95.9 cm³/mol. The molecule has 0 amide bonds. The molecule has 0 saturated heterocycles. The Morgan fingerprint density at radius 2 is 1.86 bits per heavy atom. The van der Waals surface area contributed by atoms with Gasteiger partial charge in [0.1, 0.15) is 23.7 Å². The van der Waals surface area contributed by atoms with Gasteiger partial charge in [-0.2, -0.15) is 13.2 Å². The van der Waals surface area contributed by atoms with Gasteiger partial charge in [-0.15, -0.1) is 0 Å². The zero-order chi connectivity index (χ0) is 20.1. The van der Waals surface area contributed by atoms with Crippen molar-refractivity contribution in [1.29, 1.82) is 0 Å². The number of hydrogen-bond acceptors (Lipinski definition) is 6. The van der Waals surface area contributed by atoms with Gasteiger partial charge < -0.3 is 10.1 Å². The average molecular weight is 388 g/mol. The highest BCUT2D eigenvalue weighted by Gasteiger charge is 2.32. The maximum atomic E-state index is 12.8. The van der Waals surface area contributed by atoms with Crippen LogP contribution in [0.5, 0.6) is 0 Å². The fourth-order valence-electron chi connectivity index (χ4n) is 2.40. The number of hydrogen-bond donors (Lipinski definition) is 1. The molecule has 3 aromatic rings. The molecule has 1 N–H and O–H groups in total. The predicted octanol–water partition coefficient (Wildman–Crippen LogP) is 4.48. The van der Waals surface area contributed by atoms with Crippen LogP contribution in [0.2, 0.25) is 0 Å². The molecule has 0 radical (unpaired) electrons. The molecule has 0 spiro atoms. The Morgan fingerprint density at radius 1 is 1.07 bits per heavy atom. The molecule has 1 aromatic carbocycles. The summed E-state index contributed by atoms with van der Waals surface area (Å²) >= 11 is 0. The number of anilines is 2. The van der Waals surface area contributed by atoms with E-state index in [-0.39, 0.29) is 18.2 Å². The first-order valence-electron chi connectivity index (χ1n) is 8.27. The van der Waals surface area contributed by atoms with Crippen LogP contribution in [0.1, 0.15) is 23.0 Å². The largest absolute Gasteiger partial charge is 0.462 e. The number of pyridine rings is 1. The Morgan fingerprint density at radius 3 is 2.61 bits per heavy atom. The van der Waals surface area contributed by atoms with Crippen LogP contribution >= 0.6 is 0 Å². The second kappa shape index (κ2) is 8.03. The van der Waals surface area contributed by atoms with E-state index in [1.165, 1.54) is 18.5 Å². The van der Waals surface area contributed by atoms with Crippen LogP contribution in [-0.4, -0.2) is 27.5 Å². The molecule has 0 atom stereocenters. The molecule has 0 saturated carbocycles. The first-order chi connectivity index (χ1) is 13.4. The quantitative estimate of drug-likeness (QED) is 0.650. The van der Waals surface area contributed by atoms with E-state index in [9.17, 15) is 18.0 Å². The third-order valence-corrected chi connectivity index (χ3v) is 3.63. The lowest BCUT2D eigenvalue weighted by atomic mass is 10.1. The molecule has 0 aliphatic heterocycles. The first-order valence-corrected chi connectivity index (χ1v) is 8.27. The summed E-state index contributed by atoms with van der Waals surface area (Å²) in [5.41, 5.74) is 0.476. The molecule has 2 heterocycles. The van der Waals surface area contributed by atoms with Crippen LogP contribution in [0.25, 0.3) is 11.3 Å². The summed E-state index contributed by atoms with van der Waals surface area (Å²) in [6.45, 7) is 1.97. The van der Waals surface area contributed by atoms with E-state index in [4.69, 9.17) is 4.74 Å². The van der Waals surface area contributed by atoms with Crippen LogP contribution < -0.4 is 5.32 Å². The van der Waals surface area contributed by atoms with E-state index in [1.54, 1.807) is 37.3 Å². The standard InChI is InChI=1S/C19H15F3N4O2/c1-2-28-18(27)13-6-3-5-12(9-13)14-10-17(24-11-23-14)26-16-8-4-7-15(25-16)19(20,21)22/h3-11H,2H2,1H3,(H,23,24,25,26). The van der Waals surface area contributed by atoms with Crippen molar-refractivity contribution in [1.82, 2.24) is 15.0 Å². The van der Waals surface area contributed by atoms with Gasteiger partial charge in [0.05, 0.1) is 17.9 Å². The summed E-state index contributed by atoms with van der Waals surface area (Å²) in [5, 5.41) is 2.73. The fourth-order valence-corrected chi connectivity index (χ4v) is 2.40. The number of ether oxygens (including phenoxy) is 1. The number of alkyl halides is 3. The molecule has 6 nitrogen and oxygen atoms in total. The van der Waals surface area contributed by atoms with Crippen LogP contribution in [0.3, 0.4) is 0 Å². The molecular formula is C19H15F3N4O2. The number of benzene rings is 1. The van der Waals surface area contributed by atoms with Gasteiger partial charge >= 0.3 is 12.1 Å². The maximum absolute atomic E-state index is 12.8. The number of nitrogens with zero attached hydrogens (tertiary/aromatic N) is 3. The normalized spacial score (nSPS) is 11.1. The molecule has 0 bridgehead atoms. The Hall–Kier alpha value is -3.49. The fraction of sp³-hybridized carbons (Fsp3) is 0.158. The molecule has 0 unspecified atom stereocenters. The lowest BCUT2D eigenvalue weighted by molar-refractivity contribution is -0.141. The minimum Gasteiger partial charge on any atom is -0.462 e. The number of aromatic nitrogens is 3. The molecule has 3 rings (SSSR count). The highest BCUT2D eigenvalue weighted by Crippen LogP contribution is 2.29. The second-order valence-corrected chi connectivity index (χ2v) is 5.62. The Bertz CT molecular complexity index is 993. The first kappa shape index (κ1) is 19.3. The topological polar surface area (TPSA) is 77.0 Å². The highest BCUT2D eigenvalue weighted by atomic mass is 19.4. The monoisotopic (exact) mass is 388 g/mol. The van der Waals surface area contributed by atoms with Gasteiger partial charge in [0, 0.05) is 11.6 Å². The molecule has 9 heteroatoms. The third kappa shape index (κ3) is 4.61. The average Bonchev–Trinajstić information content (AvgIpc) is 2.68. The molecule has 144 valence electrons.